The molecule has 0 aliphatic heterocycles. The summed E-state index contributed by atoms with van der Waals surface area (Å²) in [4.78, 5) is 11.1. The zero-order chi connectivity index (χ0) is 14.0. The minimum Gasteiger partial charge on any atom is -0.476 e. The zero-order valence-electron chi connectivity index (χ0n) is 10.1. The number of benzene rings is 1. The Morgan fingerprint density at radius 3 is 2.84 bits per heavy atom. The molecule has 2 rings (SSSR count). The second-order valence-corrected chi connectivity index (χ2v) is 5.21. The van der Waals surface area contributed by atoms with Gasteiger partial charge in [-0.1, -0.05) is 30.2 Å². The number of aromatic nitrogens is 3. The highest BCUT2D eigenvalue weighted by Crippen LogP contribution is 2.25. The molecule has 2 aromatic rings. The Morgan fingerprint density at radius 1 is 1.53 bits per heavy atom. The molecule has 0 atom stereocenters. The van der Waals surface area contributed by atoms with E-state index in [-0.39, 0.29) is 5.69 Å². The molecular weight excluding hydrogens is 334 g/mol. The summed E-state index contributed by atoms with van der Waals surface area (Å²) in [5.74, 6) is -1.07. The van der Waals surface area contributed by atoms with Gasteiger partial charge >= 0.3 is 5.97 Å². The van der Waals surface area contributed by atoms with E-state index in [4.69, 9.17) is 16.7 Å². The smallest absolute Gasteiger partial charge is 0.358 e. The highest BCUT2D eigenvalue weighted by atomic mass is 79.9. The van der Waals surface area contributed by atoms with E-state index in [1.54, 1.807) is 18.2 Å². The van der Waals surface area contributed by atoms with Crippen molar-refractivity contribution in [1.82, 2.24) is 15.0 Å². The van der Waals surface area contributed by atoms with E-state index in [1.807, 2.05) is 6.92 Å². The third kappa shape index (κ3) is 2.79. The molecule has 0 spiro atoms. The number of hydrogen-bond acceptors (Lipinski definition) is 3. The predicted molar refractivity (Wildman–Crippen MR) is 75.0 cm³/mol. The molecule has 1 N–H and O–H groups in total. The number of rotatable bonds is 4. The number of carbonyl (C=O) groups is 1. The largest absolute Gasteiger partial charge is 0.476 e. The summed E-state index contributed by atoms with van der Waals surface area (Å²) >= 11 is 9.35. The predicted octanol–water partition coefficient (Wildman–Crippen LogP) is 3.33. The molecule has 0 unspecified atom stereocenters. The molecule has 100 valence electrons. The lowest BCUT2D eigenvalue weighted by atomic mass is 10.2. The van der Waals surface area contributed by atoms with Crippen molar-refractivity contribution in [2.45, 2.75) is 19.8 Å². The summed E-state index contributed by atoms with van der Waals surface area (Å²) in [6.45, 7) is 1.97. The molecule has 1 aromatic heterocycles. The topological polar surface area (TPSA) is 68.0 Å². The zero-order valence-corrected chi connectivity index (χ0v) is 12.4. The first-order valence-electron chi connectivity index (χ1n) is 5.68. The fraction of sp³-hybridized carbons (Fsp3) is 0.250. The molecule has 0 bridgehead atoms. The van der Waals surface area contributed by atoms with E-state index in [9.17, 15) is 4.79 Å². The maximum absolute atomic E-state index is 11.1. The van der Waals surface area contributed by atoms with Crippen LogP contribution in [-0.4, -0.2) is 26.1 Å². The van der Waals surface area contributed by atoms with Crippen molar-refractivity contribution in [2.75, 3.05) is 0 Å². The normalized spacial score (nSPS) is 10.7. The highest BCUT2D eigenvalue weighted by Gasteiger charge is 2.19. The summed E-state index contributed by atoms with van der Waals surface area (Å²) in [6.07, 6.45) is 1.39. The molecule has 0 radical (unpaired) electrons. The average molecular weight is 345 g/mol. The third-order valence-electron chi connectivity index (χ3n) is 2.60. The monoisotopic (exact) mass is 343 g/mol. The van der Waals surface area contributed by atoms with Crippen LogP contribution in [0.4, 0.5) is 0 Å². The van der Waals surface area contributed by atoms with Crippen LogP contribution in [0.5, 0.6) is 0 Å². The maximum atomic E-state index is 11.1. The number of halogens is 2. The van der Waals surface area contributed by atoms with Crippen molar-refractivity contribution in [3.8, 4) is 5.69 Å². The van der Waals surface area contributed by atoms with Crippen LogP contribution in [0.3, 0.4) is 0 Å². The molecule has 19 heavy (non-hydrogen) atoms. The summed E-state index contributed by atoms with van der Waals surface area (Å²) in [5, 5.41) is 17.3. The van der Waals surface area contributed by atoms with E-state index in [2.05, 4.69) is 26.2 Å². The van der Waals surface area contributed by atoms with Gasteiger partial charge in [0.1, 0.15) is 0 Å². The lowest BCUT2D eigenvalue weighted by Crippen LogP contribution is -2.06. The van der Waals surface area contributed by atoms with Crippen molar-refractivity contribution in [2.24, 2.45) is 0 Å². The fourth-order valence-electron chi connectivity index (χ4n) is 1.75. The summed E-state index contributed by atoms with van der Waals surface area (Å²) in [6, 6.07) is 5.30. The van der Waals surface area contributed by atoms with E-state index >= 15 is 0 Å². The van der Waals surface area contributed by atoms with Gasteiger partial charge in [-0.3, -0.25) is 0 Å². The summed E-state index contributed by atoms with van der Waals surface area (Å²) in [7, 11) is 0. The van der Waals surface area contributed by atoms with Crippen LogP contribution in [0.2, 0.25) is 5.02 Å². The third-order valence-corrected chi connectivity index (χ3v) is 3.83. The minimum atomic E-state index is -1.07. The summed E-state index contributed by atoms with van der Waals surface area (Å²) in [5.41, 5.74) is 1.26. The van der Waals surface area contributed by atoms with Crippen LogP contribution in [0.1, 0.15) is 29.5 Å². The number of nitrogens with zero attached hydrogens (tertiary/aromatic N) is 3. The van der Waals surface area contributed by atoms with Crippen molar-refractivity contribution in [1.29, 1.82) is 0 Å². The van der Waals surface area contributed by atoms with Crippen LogP contribution in [0.25, 0.3) is 5.69 Å². The first kappa shape index (κ1) is 14.0. The van der Waals surface area contributed by atoms with Crippen molar-refractivity contribution >= 4 is 33.5 Å². The quantitative estimate of drug-likeness (QED) is 0.923. The molecule has 0 saturated carbocycles. The number of aromatic carboxylic acids is 1. The van der Waals surface area contributed by atoms with E-state index < -0.39 is 5.97 Å². The molecule has 1 heterocycles. The number of carboxylic acids is 1. The van der Waals surface area contributed by atoms with Gasteiger partial charge in [0.25, 0.3) is 0 Å². The second-order valence-electron chi connectivity index (χ2n) is 3.95. The van der Waals surface area contributed by atoms with Gasteiger partial charge in [0.15, 0.2) is 5.69 Å². The Hall–Kier alpha value is -1.40. The van der Waals surface area contributed by atoms with Crippen LogP contribution >= 0.6 is 27.5 Å². The van der Waals surface area contributed by atoms with Crippen molar-refractivity contribution < 1.29 is 9.90 Å². The van der Waals surface area contributed by atoms with Gasteiger partial charge in [-0.2, -0.15) is 0 Å². The number of carboxylic acid groups (broad SMARTS) is 1. The van der Waals surface area contributed by atoms with E-state index in [1.165, 1.54) is 4.68 Å². The SMILES string of the molecule is CCCc1c(C(=O)O)nnn1-c1ccc(Br)c(Cl)c1. The summed E-state index contributed by atoms with van der Waals surface area (Å²) < 4.78 is 2.29. The van der Waals surface area contributed by atoms with Crippen LogP contribution < -0.4 is 0 Å². The van der Waals surface area contributed by atoms with Crippen LogP contribution in [0.15, 0.2) is 22.7 Å². The molecule has 0 aliphatic rings. The second kappa shape index (κ2) is 5.71. The lowest BCUT2D eigenvalue weighted by Gasteiger charge is -2.07. The minimum absolute atomic E-state index is 0.0131. The molecule has 5 nitrogen and oxygen atoms in total. The Morgan fingerprint density at radius 2 is 2.26 bits per heavy atom. The molecular formula is C12H11BrClN3O2. The van der Waals surface area contributed by atoms with E-state index in [0.717, 1.165) is 10.9 Å². The van der Waals surface area contributed by atoms with Gasteiger partial charge in [-0.15, -0.1) is 5.10 Å². The Kier molecular flexibility index (Phi) is 4.21. The van der Waals surface area contributed by atoms with Gasteiger partial charge in [-0.25, -0.2) is 9.48 Å². The molecule has 0 saturated heterocycles. The Bertz CT molecular complexity index is 627. The van der Waals surface area contributed by atoms with Gasteiger partial charge in [0.2, 0.25) is 0 Å². The average Bonchev–Trinajstić information content (AvgIpc) is 2.77. The van der Waals surface area contributed by atoms with Crippen LogP contribution in [0, 0.1) is 0 Å². The fourth-order valence-corrected chi connectivity index (χ4v) is 2.17. The van der Waals surface area contributed by atoms with Gasteiger partial charge in [0.05, 0.1) is 16.4 Å². The lowest BCUT2D eigenvalue weighted by molar-refractivity contribution is 0.0689. The molecule has 0 aliphatic carbocycles. The first-order chi connectivity index (χ1) is 9.04. The Labute approximate surface area is 123 Å². The highest BCUT2D eigenvalue weighted by molar-refractivity contribution is 9.10. The molecule has 0 fully saturated rings. The van der Waals surface area contributed by atoms with Gasteiger partial charge in [-0.05, 0) is 40.5 Å². The maximum Gasteiger partial charge on any atom is 0.358 e. The van der Waals surface area contributed by atoms with Crippen molar-refractivity contribution in [3.63, 3.8) is 0 Å². The van der Waals surface area contributed by atoms with Gasteiger partial charge < -0.3 is 5.11 Å². The van der Waals surface area contributed by atoms with Gasteiger partial charge in [0, 0.05) is 4.47 Å². The number of hydrogen-bond donors (Lipinski definition) is 1. The molecule has 0 amide bonds. The van der Waals surface area contributed by atoms with Crippen molar-refractivity contribution in [3.05, 3.63) is 39.1 Å². The molecule has 7 heteroatoms. The standard InChI is InChI=1S/C12H11BrClN3O2/c1-2-3-10-11(12(18)19)15-16-17(10)7-4-5-8(13)9(14)6-7/h4-6H,2-3H2,1H3,(H,18,19). The first-order valence-corrected chi connectivity index (χ1v) is 6.85. The molecule has 1 aromatic carbocycles. The van der Waals surface area contributed by atoms with Crippen LogP contribution in [-0.2, 0) is 6.42 Å². The Balaban J connectivity index is 2.55. The van der Waals surface area contributed by atoms with E-state index in [0.29, 0.717) is 22.8 Å².